The number of benzene rings is 1. The van der Waals surface area contributed by atoms with Crippen molar-refractivity contribution in [3.63, 3.8) is 0 Å². The van der Waals surface area contributed by atoms with Gasteiger partial charge in [-0.15, -0.1) is 0 Å². The summed E-state index contributed by atoms with van der Waals surface area (Å²) in [6.45, 7) is 10.2. The predicted octanol–water partition coefficient (Wildman–Crippen LogP) is 3.98. The van der Waals surface area contributed by atoms with Gasteiger partial charge in [-0.1, -0.05) is 13.8 Å². The van der Waals surface area contributed by atoms with E-state index in [9.17, 15) is 4.79 Å². The van der Waals surface area contributed by atoms with Crippen LogP contribution < -0.4 is 10.1 Å². The molecule has 5 nitrogen and oxygen atoms in total. The minimum atomic E-state index is -0.498. The average molecular weight is 318 g/mol. The lowest BCUT2D eigenvalue weighted by Crippen LogP contribution is -2.39. The van der Waals surface area contributed by atoms with Gasteiger partial charge in [0.2, 0.25) is 0 Å². The van der Waals surface area contributed by atoms with Gasteiger partial charge in [-0.3, -0.25) is 0 Å². The maximum absolute atomic E-state index is 11.9. The Kier molecular flexibility index (Phi) is 4.59. The molecule has 0 aliphatic heterocycles. The predicted molar refractivity (Wildman–Crippen MR) is 92.1 cm³/mol. The van der Waals surface area contributed by atoms with Gasteiger partial charge in [0, 0.05) is 29.1 Å². The monoisotopic (exact) mass is 318 g/mol. The molecular formula is C18H26N2O3. The number of carbonyl (C=O) groups is 1. The number of hydrogen-bond donors (Lipinski definition) is 2. The van der Waals surface area contributed by atoms with Crippen LogP contribution in [0.4, 0.5) is 4.79 Å². The van der Waals surface area contributed by atoms with E-state index in [0.29, 0.717) is 6.54 Å². The summed E-state index contributed by atoms with van der Waals surface area (Å²) in [7, 11) is 1.66. The SMILES string of the molecule is COc1ccc2[nH]cc(C(C)(C)CNC(=O)OC(C)(C)C)c2c1. The fourth-order valence-electron chi connectivity index (χ4n) is 2.49. The molecule has 23 heavy (non-hydrogen) atoms. The molecule has 0 spiro atoms. The zero-order chi connectivity index (χ0) is 17.3. The van der Waals surface area contributed by atoms with Gasteiger partial charge >= 0.3 is 6.09 Å². The van der Waals surface area contributed by atoms with E-state index in [0.717, 1.165) is 22.2 Å². The summed E-state index contributed by atoms with van der Waals surface area (Å²) in [5, 5.41) is 3.95. The minimum Gasteiger partial charge on any atom is -0.497 e. The number of amides is 1. The Morgan fingerprint density at radius 2 is 1.91 bits per heavy atom. The molecule has 0 radical (unpaired) electrons. The molecule has 0 fully saturated rings. The fourth-order valence-corrected chi connectivity index (χ4v) is 2.49. The van der Waals surface area contributed by atoms with E-state index >= 15 is 0 Å². The highest BCUT2D eigenvalue weighted by atomic mass is 16.6. The van der Waals surface area contributed by atoms with Crippen molar-refractivity contribution in [3.05, 3.63) is 30.0 Å². The first-order chi connectivity index (χ1) is 10.6. The van der Waals surface area contributed by atoms with Gasteiger partial charge in [-0.2, -0.15) is 0 Å². The normalized spacial score (nSPS) is 12.3. The van der Waals surface area contributed by atoms with E-state index in [4.69, 9.17) is 9.47 Å². The van der Waals surface area contributed by atoms with Crippen molar-refractivity contribution in [2.24, 2.45) is 0 Å². The van der Waals surface area contributed by atoms with E-state index in [2.05, 4.69) is 24.1 Å². The van der Waals surface area contributed by atoms with E-state index < -0.39 is 11.7 Å². The molecule has 5 heteroatoms. The lowest BCUT2D eigenvalue weighted by molar-refractivity contribution is 0.0517. The van der Waals surface area contributed by atoms with Crippen molar-refractivity contribution in [2.75, 3.05) is 13.7 Å². The number of aromatic amines is 1. The maximum atomic E-state index is 11.9. The van der Waals surface area contributed by atoms with Crippen molar-refractivity contribution in [1.29, 1.82) is 0 Å². The number of nitrogens with one attached hydrogen (secondary N) is 2. The van der Waals surface area contributed by atoms with Gasteiger partial charge in [-0.05, 0) is 44.5 Å². The number of carbonyl (C=O) groups excluding carboxylic acids is 1. The van der Waals surface area contributed by atoms with Crippen LogP contribution in [0.5, 0.6) is 5.75 Å². The van der Waals surface area contributed by atoms with Gasteiger partial charge in [0.15, 0.2) is 0 Å². The second-order valence-electron chi connectivity index (χ2n) is 7.35. The molecule has 0 saturated carbocycles. The molecule has 0 aliphatic rings. The van der Waals surface area contributed by atoms with Crippen LogP contribution in [0, 0.1) is 0 Å². The van der Waals surface area contributed by atoms with Gasteiger partial charge in [0.05, 0.1) is 7.11 Å². The number of fused-ring (bicyclic) bond motifs is 1. The molecule has 1 amide bonds. The molecule has 0 unspecified atom stereocenters. The summed E-state index contributed by atoms with van der Waals surface area (Å²) >= 11 is 0. The Morgan fingerprint density at radius 1 is 1.22 bits per heavy atom. The van der Waals surface area contributed by atoms with Gasteiger partial charge in [0.25, 0.3) is 0 Å². The first-order valence-corrected chi connectivity index (χ1v) is 7.75. The molecule has 0 atom stereocenters. The second-order valence-corrected chi connectivity index (χ2v) is 7.35. The molecule has 1 aromatic heterocycles. The maximum Gasteiger partial charge on any atom is 0.407 e. The number of rotatable bonds is 4. The first-order valence-electron chi connectivity index (χ1n) is 7.75. The van der Waals surface area contributed by atoms with Gasteiger partial charge in [0.1, 0.15) is 11.4 Å². The number of methoxy groups -OCH3 is 1. The largest absolute Gasteiger partial charge is 0.497 e. The number of alkyl carbamates (subject to hydrolysis) is 1. The zero-order valence-corrected chi connectivity index (χ0v) is 14.7. The molecule has 1 heterocycles. The van der Waals surface area contributed by atoms with Crippen molar-refractivity contribution in [3.8, 4) is 5.75 Å². The van der Waals surface area contributed by atoms with Crippen molar-refractivity contribution >= 4 is 17.0 Å². The highest BCUT2D eigenvalue weighted by molar-refractivity contribution is 5.85. The Hall–Kier alpha value is -2.17. The lowest BCUT2D eigenvalue weighted by Gasteiger charge is -2.26. The summed E-state index contributed by atoms with van der Waals surface area (Å²) in [6.07, 6.45) is 1.59. The molecular weight excluding hydrogens is 292 g/mol. The summed E-state index contributed by atoms with van der Waals surface area (Å²) in [6, 6.07) is 5.93. The van der Waals surface area contributed by atoms with Gasteiger partial charge in [-0.25, -0.2) is 4.79 Å². The third-order valence-corrected chi connectivity index (χ3v) is 3.69. The Balaban J connectivity index is 2.17. The third kappa shape index (κ3) is 4.18. The molecule has 2 N–H and O–H groups in total. The van der Waals surface area contributed by atoms with E-state index in [1.807, 2.05) is 45.2 Å². The van der Waals surface area contributed by atoms with Crippen LogP contribution >= 0.6 is 0 Å². The standard InChI is InChI=1S/C18H26N2O3/c1-17(2,3)23-16(21)20-11-18(4,5)14-10-19-15-8-7-12(22-6)9-13(14)15/h7-10,19H,11H2,1-6H3,(H,20,21). The molecule has 0 aliphatic carbocycles. The summed E-state index contributed by atoms with van der Waals surface area (Å²) < 4.78 is 10.6. The van der Waals surface area contributed by atoms with Crippen LogP contribution in [0.25, 0.3) is 10.9 Å². The highest BCUT2D eigenvalue weighted by Gasteiger charge is 2.26. The Morgan fingerprint density at radius 3 is 2.52 bits per heavy atom. The van der Waals surface area contributed by atoms with E-state index in [-0.39, 0.29) is 5.41 Å². The van der Waals surface area contributed by atoms with Crippen molar-refractivity contribution < 1.29 is 14.3 Å². The van der Waals surface area contributed by atoms with E-state index in [1.165, 1.54) is 0 Å². The average Bonchev–Trinajstić information content (AvgIpc) is 2.87. The molecule has 0 saturated heterocycles. The fraction of sp³-hybridized carbons (Fsp3) is 0.500. The smallest absolute Gasteiger partial charge is 0.407 e. The minimum absolute atomic E-state index is 0.248. The summed E-state index contributed by atoms with van der Waals surface area (Å²) in [4.78, 5) is 15.1. The third-order valence-electron chi connectivity index (χ3n) is 3.69. The second kappa shape index (κ2) is 6.14. The number of H-pyrrole nitrogens is 1. The van der Waals surface area contributed by atoms with Crippen LogP contribution in [-0.4, -0.2) is 30.3 Å². The molecule has 2 rings (SSSR count). The summed E-state index contributed by atoms with van der Waals surface area (Å²) in [5.41, 5.74) is 1.43. The van der Waals surface area contributed by atoms with E-state index in [1.54, 1.807) is 7.11 Å². The van der Waals surface area contributed by atoms with Crippen LogP contribution in [0.15, 0.2) is 24.4 Å². The Bertz CT molecular complexity index is 696. The quantitative estimate of drug-likeness (QED) is 0.896. The highest BCUT2D eigenvalue weighted by Crippen LogP contribution is 2.32. The lowest BCUT2D eigenvalue weighted by atomic mass is 9.84. The molecule has 126 valence electrons. The van der Waals surface area contributed by atoms with Crippen LogP contribution in [0.3, 0.4) is 0 Å². The van der Waals surface area contributed by atoms with Crippen LogP contribution in [0.1, 0.15) is 40.2 Å². The Labute approximate surface area is 137 Å². The molecule has 0 bridgehead atoms. The molecule has 2 aromatic rings. The zero-order valence-electron chi connectivity index (χ0n) is 14.7. The van der Waals surface area contributed by atoms with Crippen molar-refractivity contribution in [2.45, 2.75) is 45.6 Å². The van der Waals surface area contributed by atoms with Gasteiger partial charge < -0.3 is 19.8 Å². The number of aromatic nitrogens is 1. The number of ether oxygens (including phenoxy) is 2. The number of hydrogen-bond acceptors (Lipinski definition) is 3. The first kappa shape index (κ1) is 17.2. The molecule has 1 aromatic carbocycles. The summed E-state index contributed by atoms with van der Waals surface area (Å²) in [5.74, 6) is 0.814. The topological polar surface area (TPSA) is 63.3 Å². The van der Waals surface area contributed by atoms with Crippen LogP contribution in [0.2, 0.25) is 0 Å². The van der Waals surface area contributed by atoms with Crippen molar-refractivity contribution in [1.82, 2.24) is 10.3 Å². The van der Waals surface area contributed by atoms with Crippen LogP contribution in [-0.2, 0) is 10.2 Å².